The van der Waals surface area contributed by atoms with Crippen LogP contribution in [-0.2, 0) is 11.2 Å². The maximum Gasteiger partial charge on any atom is 0.0510 e. The molecule has 1 N–H and O–H groups in total. The molecule has 88 valence electrons. The minimum Gasteiger partial charge on any atom is -0.381 e. The summed E-state index contributed by atoms with van der Waals surface area (Å²) >= 11 is 3.46. The molecular weight excluding hydrogens is 266 g/mol. The van der Waals surface area contributed by atoms with Gasteiger partial charge in [0.15, 0.2) is 0 Å². The highest BCUT2D eigenvalue weighted by atomic mass is 79.9. The second kappa shape index (κ2) is 5.80. The number of hydrogen-bond acceptors (Lipinski definition) is 2. The molecule has 0 aromatic heterocycles. The Labute approximate surface area is 106 Å². The molecule has 0 saturated carbocycles. The average Bonchev–Trinajstić information content (AvgIpc) is 2.82. The third-order valence-corrected chi connectivity index (χ3v) is 3.80. The van der Waals surface area contributed by atoms with Crippen LogP contribution in [-0.4, -0.2) is 26.3 Å². The van der Waals surface area contributed by atoms with E-state index in [2.05, 4.69) is 45.5 Å². The minimum atomic E-state index is 0.531. The van der Waals surface area contributed by atoms with Crippen molar-refractivity contribution >= 4 is 15.9 Å². The second-order valence-electron chi connectivity index (χ2n) is 4.35. The van der Waals surface area contributed by atoms with Gasteiger partial charge in [0.25, 0.3) is 0 Å². The average molecular weight is 284 g/mol. The number of likely N-dealkylation sites (N-methyl/N-ethyl adjacent to an activating group) is 1. The van der Waals surface area contributed by atoms with E-state index < -0.39 is 0 Å². The van der Waals surface area contributed by atoms with Crippen LogP contribution in [0.2, 0.25) is 0 Å². The van der Waals surface area contributed by atoms with E-state index in [-0.39, 0.29) is 0 Å². The van der Waals surface area contributed by atoms with Gasteiger partial charge in [0.05, 0.1) is 6.61 Å². The van der Waals surface area contributed by atoms with Crippen LogP contribution >= 0.6 is 15.9 Å². The molecule has 1 saturated heterocycles. The third-order valence-electron chi connectivity index (χ3n) is 3.27. The lowest BCUT2D eigenvalue weighted by Crippen LogP contribution is -2.35. The van der Waals surface area contributed by atoms with Crippen LogP contribution in [0.1, 0.15) is 12.0 Å². The number of benzene rings is 1. The van der Waals surface area contributed by atoms with Gasteiger partial charge in [-0.3, -0.25) is 0 Å². The molecule has 0 bridgehead atoms. The van der Waals surface area contributed by atoms with Crippen molar-refractivity contribution in [3.63, 3.8) is 0 Å². The molecule has 1 fully saturated rings. The van der Waals surface area contributed by atoms with E-state index >= 15 is 0 Å². The minimum absolute atomic E-state index is 0.531. The van der Waals surface area contributed by atoms with Crippen LogP contribution in [0.3, 0.4) is 0 Å². The Balaban J connectivity index is 1.97. The zero-order chi connectivity index (χ0) is 11.4. The Morgan fingerprint density at radius 3 is 2.75 bits per heavy atom. The van der Waals surface area contributed by atoms with Gasteiger partial charge in [-0.1, -0.05) is 28.1 Å². The van der Waals surface area contributed by atoms with Gasteiger partial charge in [0.2, 0.25) is 0 Å². The first-order chi connectivity index (χ1) is 7.79. The van der Waals surface area contributed by atoms with E-state index in [0.29, 0.717) is 12.0 Å². The molecule has 1 heterocycles. The van der Waals surface area contributed by atoms with Crippen molar-refractivity contribution in [1.29, 1.82) is 0 Å². The highest BCUT2D eigenvalue weighted by molar-refractivity contribution is 9.10. The van der Waals surface area contributed by atoms with E-state index in [1.807, 2.05) is 7.05 Å². The van der Waals surface area contributed by atoms with E-state index in [9.17, 15) is 0 Å². The predicted molar refractivity (Wildman–Crippen MR) is 69.6 cm³/mol. The predicted octanol–water partition coefficient (Wildman–Crippen LogP) is 2.62. The molecule has 0 amide bonds. The summed E-state index contributed by atoms with van der Waals surface area (Å²) in [4.78, 5) is 0. The van der Waals surface area contributed by atoms with Crippen molar-refractivity contribution in [1.82, 2.24) is 5.32 Å². The summed E-state index contributed by atoms with van der Waals surface area (Å²) in [6.07, 6.45) is 2.26. The Morgan fingerprint density at radius 1 is 1.44 bits per heavy atom. The van der Waals surface area contributed by atoms with Gasteiger partial charge < -0.3 is 10.1 Å². The fourth-order valence-electron chi connectivity index (χ4n) is 2.25. The molecule has 0 aliphatic carbocycles. The van der Waals surface area contributed by atoms with Crippen LogP contribution < -0.4 is 5.32 Å². The van der Waals surface area contributed by atoms with Gasteiger partial charge in [-0.15, -0.1) is 0 Å². The lowest BCUT2D eigenvalue weighted by molar-refractivity contribution is 0.177. The summed E-state index contributed by atoms with van der Waals surface area (Å²) in [5.41, 5.74) is 1.38. The van der Waals surface area contributed by atoms with Crippen molar-refractivity contribution in [2.24, 2.45) is 5.92 Å². The molecule has 1 aliphatic rings. The summed E-state index contributed by atoms with van der Waals surface area (Å²) in [7, 11) is 2.04. The molecule has 1 aromatic carbocycles. The molecular formula is C13H18BrNO. The van der Waals surface area contributed by atoms with Crippen molar-refractivity contribution in [2.45, 2.75) is 18.9 Å². The van der Waals surface area contributed by atoms with Crippen LogP contribution in [0.5, 0.6) is 0 Å². The number of halogens is 1. The molecule has 1 aliphatic heterocycles. The Bertz CT molecular complexity index is 319. The first-order valence-electron chi connectivity index (χ1n) is 5.79. The monoisotopic (exact) mass is 283 g/mol. The fourth-order valence-corrected chi connectivity index (χ4v) is 2.51. The first-order valence-corrected chi connectivity index (χ1v) is 6.58. The lowest BCUT2D eigenvalue weighted by atomic mass is 9.93. The molecule has 16 heavy (non-hydrogen) atoms. The molecule has 2 unspecified atom stereocenters. The third kappa shape index (κ3) is 3.06. The number of hydrogen-bond donors (Lipinski definition) is 1. The van der Waals surface area contributed by atoms with Crippen LogP contribution in [0.15, 0.2) is 28.7 Å². The second-order valence-corrected chi connectivity index (χ2v) is 5.27. The molecule has 0 radical (unpaired) electrons. The number of ether oxygens (including phenoxy) is 1. The Kier molecular flexibility index (Phi) is 4.38. The van der Waals surface area contributed by atoms with E-state index in [4.69, 9.17) is 4.74 Å². The van der Waals surface area contributed by atoms with E-state index in [0.717, 1.165) is 24.1 Å². The Hall–Kier alpha value is -0.380. The summed E-state index contributed by atoms with van der Waals surface area (Å²) in [5, 5.41) is 3.42. The van der Waals surface area contributed by atoms with Crippen molar-refractivity contribution in [3.05, 3.63) is 34.3 Å². The van der Waals surface area contributed by atoms with Crippen molar-refractivity contribution < 1.29 is 4.74 Å². The van der Waals surface area contributed by atoms with Gasteiger partial charge in [-0.2, -0.15) is 0 Å². The highest BCUT2D eigenvalue weighted by Crippen LogP contribution is 2.20. The molecule has 2 atom stereocenters. The van der Waals surface area contributed by atoms with Crippen LogP contribution in [0, 0.1) is 5.92 Å². The molecule has 0 spiro atoms. The van der Waals surface area contributed by atoms with Gasteiger partial charge in [0, 0.05) is 23.0 Å². The smallest absolute Gasteiger partial charge is 0.0510 e. The van der Waals surface area contributed by atoms with E-state index in [1.165, 1.54) is 12.0 Å². The summed E-state index contributed by atoms with van der Waals surface area (Å²) in [5.74, 6) is 0.661. The quantitative estimate of drug-likeness (QED) is 0.917. The summed E-state index contributed by atoms with van der Waals surface area (Å²) in [6, 6.07) is 9.11. The molecule has 2 nitrogen and oxygen atoms in total. The summed E-state index contributed by atoms with van der Waals surface area (Å²) < 4.78 is 6.59. The van der Waals surface area contributed by atoms with Gasteiger partial charge in [0.1, 0.15) is 0 Å². The van der Waals surface area contributed by atoms with Crippen LogP contribution in [0.25, 0.3) is 0 Å². The summed E-state index contributed by atoms with van der Waals surface area (Å²) in [6.45, 7) is 1.82. The normalized spacial score (nSPS) is 22.2. The topological polar surface area (TPSA) is 21.3 Å². The Morgan fingerprint density at radius 2 is 2.19 bits per heavy atom. The zero-order valence-corrected chi connectivity index (χ0v) is 11.2. The van der Waals surface area contributed by atoms with Gasteiger partial charge >= 0.3 is 0 Å². The number of rotatable bonds is 4. The van der Waals surface area contributed by atoms with Gasteiger partial charge in [-0.05, 0) is 37.6 Å². The lowest BCUT2D eigenvalue weighted by Gasteiger charge is -2.21. The van der Waals surface area contributed by atoms with Crippen molar-refractivity contribution in [3.8, 4) is 0 Å². The highest BCUT2D eigenvalue weighted by Gasteiger charge is 2.24. The number of nitrogens with one attached hydrogen (secondary N) is 1. The SMILES string of the molecule is CNC(Cc1ccc(Br)cc1)C1CCOC1. The maximum absolute atomic E-state index is 5.45. The standard InChI is InChI=1S/C13H18BrNO/c1-15-13(11-6-7-16-9-11)8-10-2-4-12(14)5-3-10/h2-5,11,13,15H,6-9H2,1H3. The van der Waals surface area contributed by atoms with E-state index in [1.54, 1.807) is 0 Å². The van der Waals surface area contributed by atoms with Crippen molar-refractivity contribution in [2.75, 3.05) is 20.3 Å². The molecule has 1 aromatic rings. The first kappa shape index (κ1) is 12.1. The zero-order valence-electron chi connectivity index (χ0n) is 9.58. The molecule has 3 heteroatoms. The maximum atomic E-state index is 5.45. The molecule has 2 rings (SSSR count). The van der Waals surface area contributed by atoms with Gasteiger partial charge in [-0.25, -0.2) is 0 Å². The largest absolute Gasteiger partial charge is 0.381 e. The fraction of sp³-hybridized carbons (Fsp3) is 0.538. The van der Waals surface area contributed by atoms with Crippen LogP contribution in [0.4, 0.5) is 0 Å².